The van der Waals surface area contributed by atoms with Gasteiger partial charge in [-0.1, -0.05) is 17.7 Å². The van der Waals surface area contributed by atoms with E-state index in [0.29, 0.717) is 31.6 Å². The second-order valence-corrected chi connectivity index (χ2v) is 9.43. The van der Waals surface area contributed by atoms with Crippen molar-refractivity contribution in [2.75, 3.05) is 31.5 Å². The number of aryl methyl sites for hydroxylation is 1. The minimum atomic E-state index is -3.82. The van der Waals surface area contributed by atoms with Crippen molar-refractivity contribution >= 4 is 33.6 Å². The Hall–Kier alpha value is -3.40. The first kappa shape index (κ1) is 24.2. The van der Waals surface area contributed by atoms with Crippen LogP contribution in [-0.2, 0) is 29.1 Å². The van der Waals surface area contributed by atoms with Crippen molar-refractivity contribution in [3.05, 3.63) is 59.7 Å². The Morgan fingerprint density at radius 2 is 1.61 bits per heavy atom. The number of hydrogen-bond donors (Lipinski definition) is 1. The zero-order valence-electron chi connectivity index (χ0n) is 18.4. The summed E-state index contributed by atoms with van der Waals surface area (Å²) >= 11 is 0. The van der Waals surface area contributed by atoms with Crippen molar-refractivity contribution in [3.63, 3.8) is 0 Å². The van der Waals surface area contributed by atoms with Gasteiger partial charge in [0.25, 0.3) is 15.9 Å². The highest BCUT2D eigenvalue weighted by Crippen LogP contribution is 2.19. The van der Waals surface area contributed by atoms with E-state index in [2.05, 4.69) is 4.72 Å². The number of anilines is 1. The van der Waals surface area contributed by atoms with Gasteiger partial charge in [0.2, 0.25) is 0 Å². The predicted octanol–water partition coefficient (Wildman–Crippen LogP) is 2.36. The number of methoxy groups -OCH3 is 1. The Morgan fingerprint density at radius 1 is 1.00 bits per heavy atom. The number of likely N-dealkylation sites (tertiary alicyclic amines) is 1. The molecule has 1 heterocycles. The molecule has 3 rings (SSSR count). The fraction of sp³-hybridized carbons (Fsp3) is 0.348. The maximum Gasteiger partial charge on any atom is 0.338 e. The third-order valence-electron chi connectivity index (χ3n) is 5.41. The first-order valence-corrected chi connectivity index (χ1v) is 11.9. The number of carbonyl (C=O) groups excluding carboxylic acids is 3. The Labute approximate surface area is 192 Å². The summed E-state index contributed by atoms with van der Waals surface area (Å²) in [6, 6.07) is 12.2. The molecule has 176 valence electrons. The molecule has 1 saturated heterocycles. The van der Waals surface area contributed by atoms with Crippen LogP contribution in [0.3, 0.4) is 0 Å². The van der Waals surface area contributed by atoms with Crippen molar-refractivity contribution in [3.8, 4) is 0 Å². The third kappa shape index (κ3) is 6.32. The van der Waals surface area contributed by atoms with E-state index in [-0.39, 0.29) is 28.3 Å². The molecule has 2 aromatic rings. The number of esters is 2. The summed E-state index contributed by atoms with van der Waals surface area (Å²) in [4.78, 5) is 37.7. The monoisotopic (exact) mass is 474 g/mol. The minimum Gasteiger partial charge on any atom is -0.469 e. The highest BCUT2D eigenvalue weighted by Gasteiger charge is 2.28. The summed E-state index contributed by atoms with van der Waals surface area (Å²) in [6.45, 7) is 2.24. The maximum absolute atomic E-state index is 12.5. The second kappa shape index (κ2) is 10.5. The molecule has 33 heavy (non-hydrogen) atoms. The molecule has 0 aliphatic carbocycles. The molecule has 0 atom stereocenters. The van der Waals surface area contributed by atoms with E-state index in [0.717, 1.165) is 5.56 Å². The molecule has 1 fully saturated rings. The quantitative estimate of drug-likeness (QED) is 0.612. The van der Waals surface area contributed by atoms with E-state index in [1.54, 1.807) is 29.2 Å². The van der Waals surface area contributed by atoms with E-state index < -0.39 is 22.6 Å². The average molecular weight is 475 g/mol. The van der Waals surface area contributed by atoms with Gasteiger partial charge in [-0.3, -0.25) is 14.3 Å². The van der Waals surface area contributed by atoms with Crippen LogP contribution >= 0.6 is 0 Å². The van der Waals surface area contributed by atoms with Crippen molar-refractivity contribution < 1.29 is 32.3 Å². The van der Waals surface area contributed by atoms with Gasteiger partial charge >= 0.3 is 11.9 Å². The number of amides is 1. The molecule has 1 amide bonds. The lowest BCUT2D eigenvalue weighted by molar-refractivity contribution is -0.149. The van der Waals surface area contributed by atoms with Gasteiger partial charge in [-0.05, 0) is 56.2 Å². The van der Waals surface area contributed by atoms with E-state index in [4.69, 9.17) is 9.47 Å². The topological polar surface area (TPSA) is 119 Å². The van der Waals surface area contributed by atoms with Crippen molar-refractivity contribution in [1.29, 1.82) is 0 Å². The molecule has 0 spiro atoms. The molecule has 0 unspecified atom stereocenters. The van der Waals surface area contributed by atoms with Crippen LogP contribution < -0.4 is 4.72 Å². The van der Waals surface area contributed by atoms with Crippen molar-refractivity contribution in [2.45, 2.75) is 24.7 Å². The summed E-state index contributed by atoms with van der Waals surface area (Å²) in [5.74, 6) is -1.60. The van der Waals surface area contributed by atoms with Crippen LogP contribution in [0.4, 0.5) is 5.69 Å². The van der Waals surface area contributed by atoms with Crippen LogP contribution in [0, 0.1) is 12.8 Å². The maximum atomic E-state index is 12.5. The Bertz CT molecular complexity index is 1100. The zero-order valence-corrected chi connectivity index (χ0v) is 19.3. The molecule has 10 heteroatoms. The molecular weight excluding hydrogens is 448 g/mol. The van der Waals surface area contributed by atoms with Gasteiger partial charge in [0.1, 0.15) is 0 Å². The summed E-state index contributed by atoms with van der Waals surface area (Å²) < 4.78 is 37.4. The van der Waals surface area contributed by atoms with Gasteiger partial charge in [-0.15, -0.1) is 0 Å². The number of hydrogen-bond acceptors (Lipinski definition) is 7. The van der Waals surface area contributed by atoms with Gasteiger partial charge in [0, 0.05) is 18.8 Å². The molecule has 0 radical (unpaired) electrons. The number of rotatable bonds is 7. The van der Waals surface area contributed by atoms with E-state index in [1.807, 2.05) is 6.92 Å². The second-order valence-electron chi connectivity index (χ2n) is 7.75. The molecule has 1 aliphatic heterocycles. The normalized spacial score (nSPS) is 14.4. The van der Waals surface area contributed by atoms with Crippen LogP contribution in [0.2, 0.25) is 0 Å². The van der Waals surface area contributed by atoms with E-state index >= 15 is 0 Å². The number of carbonyl (C=O) groups is 3. The van der Waals surface area contributed by atoms with Crippen LogP contribution in [0.25, 0.3) is 0 Å². The standard InChI is InChI=1S/C23H26N2O7S/c1-16-3-7-19(8-4-16)24-33(29,30)20-9-5-17(6-10-20)23(28)32-15-21(26)25-13-11-18(12-14-25)22(27)31-2/h3-10,18,24H,11-15H2,1-2H3. The lowest BCUT2D eigenvalue weighted by atomic mass is 9.97. The Balaban J connectivity index is 1.52. The van der Waals surface area contributed by atoms with Crippen LogP contribution in [-0.4, -0.2) is 58.0 Å². The van der Waals surface area contributed by atoms with Crippen molar-refractivity contribution in [1.82, 2.24) is 4.90 Å². The molecule has 1 aliphatic rings. The lowest BCUT2D eigenvalue weighted by Crippen LogP contribution is -2.42. The lowest BCUT2D eigenvalue weighted by Gasteiger charge is -2.30. The molecular formula is C23H26N2O7S. The van der Waals surface area contributed by atoms with Crippen LogP contribution in [0.1, 0.15) is 28.8 Å². The van der Waals surface area contributed by atoms with Crippen molar-refractivity contribution in [2.24, 2.45) is 5.92 Å². The molecule has 1 N–H and O–H groups in total. The predicted molar refractivity (Wildman–Crippen MR) is 120 cm³/mol. The number of piperidine rings is 1. The SMILES string of the molecule is COC(=O)C1CCN(C(=O)COC(=O)c2ccc(S(=O)(=O)Nc3ccc(C)cc3)cc2)CC1. The van der Waals surface area contributed by atoms with Crippen LogP contribution in [0.15, 0.2) is 53.4 Å². The smallest absolute Gasteiger partial charge is 0.338 e. The van der Waals surface area contributed by atoms with Gasteiger partial charge in [-0.2, -0.15) is 0 Å². The highest BCUT2D eigenvalue weighted by molar-refractivity contribution is 7.92. The van der Waals surface area contributed by atoms with Gasteiger partial charge in [0.15, 0.2) is 6.61 Å². The third-order valence-corrected chi connectivity index (χ3v) is 6.81. The fourth-order valence-corrected chi connectivity index (χ4v) is 4.50. The van der Waals surface area contributed by atoms with Gasteiger partial charge in [0.05, 0.1) is 23.5 Å². The van der Waals surface area contributed by atoms with Crippen LogP contribution in [0.5, 0.6) is 0 Å². The van der Waals surface area contributed by atoms with E-state index in [9.17, 15) is 22.8 Å². The summed E-state index contributed by atoms with van der Waals surface area (Å²) in [7, 11) is -2.48. The molecule has 0 saturated carbocycles. The number of nitrogens with zero attached hydrogens (tertiary/aromatic N) is 1. The molecule has 2 aromatic carbocycles. The number of sulfonamides is 1. The van der Waals surface area contributed by atoms with E-state index in [1.165, 1.54) is 31.4 Å². The summed E-state index contributed by atoms with van der Waals surface area (Å²) in [6.07, 6.45) is 0.998. The first-order chi connectivity index (χ1) is 15.7. The summed E-state index contributed by atoms with van der Waals surface area (Å²) in [5, 5.41) is 0. The summed E-state index contributed by atoms with van der Waals surface area (Å²) in [5.41, 5.74) is 1.56. The average Bonchev–Trinajstić information content (AvgIpc) is 2.83. The largest absolute Gasteiger partial charge is 0.469 e. The molecule has 0 aromatic heterocycles. The number of ether oxygens (including phenoxy) is 2. The fourth-order valence-electron chi connectivity index (χ4n) is 3.44. The van der Waals surface area contributed by atoms with Gasteiger partial charge in [-0.25, -0.2) is 13.2 Å². The molecule has 0 bridgehead atoms. The minimum absolute atomic E-state index is 0.0100. The zero-order chi connectivity index (χ0) is 24.0. The Kier molecular flexibility index (Phi) is 7.70. The number of benzene rings is 2. The molecule has 9 nitrogen and oxygen atoms in total. The number of nitrogens with one attached hydrogen (secondary N) is 1. The highest BCUT2D eigenvalue weighted by atomic mass is 32.2. The van der Waals surface area contributed by atoms with Gasteiger partial charge < -0.3 is 14.4 Å². The first-order valence-electron chi connectivity index (χ1n) is 10.4. The Morgan fingerprint density at radius 3 is 2.18 bits per heavy atom.